The molecule has 0 spiro atoms. The summed E-state index contributed by atoms with van der Waals surface area (Å²) in [5.74, 6) is -1.13. The molecule has 0 aliphatic carbocycles. The van der Waals surface area contributed by atoms with Gasteiger partial charge in [-0.15, -0.1) is 0 Å². The minimum atomic E-state index is -0.794. The van der Waals surface area contributed by atoms with Crippen LogP contribution in [-0.4, -0.2) is 30.7 Å². The van der Waals surface area contributed by atoms with E-state index in [2.05, 4.69) is 21.2 Å². The number of amides is 1. The van der Waals surface area contributed by atoms with Gasteiger partial charge in [-0.1, -0.05) is 15.9 Å². The Labute approximate surface area is 147 Å². The summed E-state index contributed by atoms with van der Waals surface area (Å²) < 4.78 is 10.8. The van der Waals surface area contributed by atoms with E-state index >= 15 is 0 Å². The number of nitrogens with one attached hydrogen (secondary N) is 1. The quantitative estimate of drug-likeness (QED) is 0.761. The normalized spacial score (nSPS) is 10.1. The first-order valence-corrected chi connectivity index (χ1v) is 7.80. The molecule has 24 heavy (non-hydrogen) atoms. The number of anilines is 1. The van der Waals surface area contributed by atoms with Crippen LogP contribution >= 0.6 is 15.9 Å². The van der Waals surface area contributed by atoms with E-state index in [0.717, 1.165) is 10.0 Å². The molecule has 2 aromatic rings. The van der Waals surface area contributed by atoms with Crippen molar-refractivity contribution < 1.29 is 24.2 Å². The molecule has 2 rings (SSSR count). The van der Waals surface area contributed by atoms with Crippen LogP contribution in [0.15, 0.2) is 40.9 Å². The third-order valence-electron chi connectivity index (χ3n) is 3.22. The Hall–Kier alpha value is -2.54. The van der Waals surface area contributed by atoms with Crippen molar-refractivity contribution >= 4 is 33.5 Å². The number of aryl methyl sites for hydroxylation is 1. The van der Waals surface area contributed by atoms with Crippen molar-refractivity contribution in [1.29, 1.82) is 0 Å². The van der Waals surface area contributed by atoms with E-state index in [-0.39, 0.29) is 11.3 Å². The molecule has 0 aliphatic rings. The lowest BCUT2D eigenvalue weighted by Gasteiger charge is -2.10. The minimum Gasteiger partial charge on any atom is -0.507 e. The summed E-state index contributed by atoms with van der Waals surface area (Å²) in [7, 11) is 1.45. The van der Waals surface area contributed by atoms with Crippen molar-refractivity contribution in [2.45, 2.75) is 6.92 Å². The zero-order valence-electron chi connectivity index (χ0n) is 13.1. The molecule has 0 unspecified atom stereocenters. The second-order valence-electron chi connectivity index (χ2n) is 4.97. The average molecular weight is 394 g/mol. The monoisotopic (exact) mass is 393 g/mol. The van der Waals surface area contributed by atoms with Gasteiger partial charge >= 0.3 is 5.97 Å². The summed E-state index contributed by atoms with van der Waals surface area (Å²) in [4.78, 5) is 23.8. The van der Waals surface area contributed by atoms with Crippen molar-refractivity contribution in [3.63, 3.8) is 0 Å². The number of rotatable bonds is 5. The van der Waals surface area contributed by atoms with Crippen LogP contribution in [0.2, 0.25) is 0 Å². The lowest BCUT2D eigenvalue weighted by atomic mass is 10.2. The van der Waals surface area contributed by atoms with E-state index in [1.54, 1.807) is 12.1 Å². The van der Waals surface area contributed by atoms with Crippen LogP contribution in [0.3, 0.4) is 0 Å². The zero-order valence-corrected chi connectivity index (χ0v) is 14.7. The van der Waals surface area contributed by atoms with Crippen LogP contribution in [0, 0.1) is 6.92 Å². The molecule has 0 saturated carbocycles. The number of carbonyl (C=O) groups is 2. The molecule has 1 amide bonds. The fourth-order valence-corrected chi connectivity index (χ4v) is 2.45. The molecule has 7 heteroatoms. The van der Waals surface area contributed by atoms with Crippen molar-refractivity contribution in [3.05, 3.63) is 52.0 Å². The maximum atomic E-state index is 11.9. The van der Waals surface area contributed by atoms with Crippen LogP contribution in [-0.2, 0) is 9.53 Å². The Kier molecular flexibility index (Phi) is 5.81. The first-order chi connectivity index (χ1) is 11.4. The van der Waals surface area contributed by atoms with Crippen molar-refractivity contribution in [3.8, 4) is 11.5 Å². The molecular weight excluding hydrogens is 378 g/mol. The van der Waals surface area contributed by atoms with Gasteiger partial charge in [-0.2, -0.15) is 0 Å². The molecule has 126 valence electrons. The largest absolute Gasteiger partial charge is 0.507 e. The van der Waals surface area contributed by atoms with E-state index in [0.29, 0.717) is 11.4 Å². The lowest BCUT2D eigenvalue weighted by molar-refractivity contribution is -0.119. The van der Waals surface area contributed by atoms with Gasteiger partial charge in [0, 0.05) is 16.2 Å². The second-order valence-corrected chi connectivity index (χ2v) is 5.88. The topological polar surface area (TPSA) is 84.9 Å². The molecule has 0 fully saturated rings. The Morgan fingerprint density at radius 3 is 2.58 bits per heavy atom. The van der Waals surface area contributed by atoms with Crippen molar-refractivity contribution in [2.24, 2.45) is 0 Å². The van der Waals surface area contributed by atoms with Gasteiger partial charge in [-0.3, -0.25) is 4.79 Å². The molecule has 0 radical (unpaired) electrons. The molecule has 0 atom stereocenters. The highest BCUT2D eigenvalue weighted by molar-refractivity contribution is 9.10. The third kappa shape index (κ3) is 4.48. The van der Waals surface area contributed by atoms with E-state index in [1.165, 1.54) is 25.3 Å². The van der Waals surface area contributed by atoms with Crippen LogP contribution in [0.5, 0.6) is 11.5 Å². The highest BCUT2D eigenvalue weighted by Crippen LogP contribution is 2.24. The number of phenols is 1. The summed E-state index contributed by atoms with van der Waals surface area (Å²) in [6, 6.07) is 9.58. The molecule has 0 bridgehead atoms. The maximum Gasteiger partial charge on any atom is 0.342 e. The molecule has 0 aromatic heterocycles. The van der Waals surface area contributed by atoms with Gasteiger partial charge in [-0.25, -0.2) is 4.79 Å². The Morgan fingerprint density at radius 1 is 1.21 bits per heavy atom. The highest BCUT2D eigenvalue weighted by atomic mass is 79.9. The van der Waals surface area contributed by atoms with Gasteiger partial charge in [-0.05, 0) is 42.8 Å². The number of hydrogen-bond acceptors (Lipinski definition) is 5. The first-order valence-electron chi connectivity index (χ1n) is 7.01. The fourth-order valence-electron chi connectivity index (χ4n) is 1.97. The number of benzene rings is 2. The number of phenolic OH excluding ortho intramolecular Hbond substituents is 1. The Morgan fingerprint density at radius 2 is 1.96 bits per heavy atom. The first kappa shape index (κ1) is 17.8. The van der Waals surface area contributed by atoms with E-state index in [4.69, 9.17) is 9.47 Å². The number of methoxy groups -OCH3 is 1. The second kappa shape index (κ2) is 7.83. The van der Waals surface area contributed by atoms with E-state index in [9.17, 15) is 14.7 Å². The average Bonchev–Trinajstić information content (AvgIpc) is 2.55. The van der Waals surface area contributed by atoms with Crippen LogP contribution in [0.25, 0.3) is 0 Å². The standard InChI is InChI=1S/C17H16BrNO5/c1-10-7-11(18)3-6-14(10)19-16(21)9-24-17(22)13-5-4-12(23-2)8-15(13)20/h3-8,20H,9H2,1-2H3,(H,19,21). The van der Waals surface area contributed by atoms with Gasteiger partial charge < -0.3 is 19.9 Å². The predicted octanol–water partition coefficient (Wildman–Crippen LogP) is 3.27. The van der Waals surface area contributed by atoms with Crippen LogP contribution in [0.1, 0.15) is 15.9 Å². The molecule has 0 saturated heterocycles. The van der Waals surface area contributed by atoms with E-state index in [1.807, 2.05) is 13.0 Å². The van der Waals surface area contributed by atoms with Gasteiger partial charge in [0.15, 0.2) is 6.61 Å². The molecular formula is C17H16BrNO5. The summed E-state index contributed by atoms with van der Waals surface area (Å²) >= 11 is 3.34. The minimum absolute atomic E-state index is 0.0385. The Balaban J connectivity index is 1.95. The summed E-state index contributed by atoms with van der Waals surface area (Å²) in [5.41, 5.74) is 1.46. The smallest absolute Gasteiger partial charge is 0.342 e. The highest BCUT2D eigenvalue weighted by Gasteiger charge is 2.15. The number of halogens is 1. The predicted molar refractivity (Wildman–Crippen MR) is 92.5 cm³/mol. The maximum absolute atomic E-state index is 11.9. The molecule has 0 aliphatic heterocycles. The third-order valence-corrected chi connectivity index (χ3v) is 3.71. The van der Waals surface area contributed by atoms with Crippen LogP contribution < -0.4 is 10.1 Å². The van der Waals surface area contributed by atoms with Gasteiger partial charge in [0.2, 0.25) is 0 Å². The number of esters is 1. The number of hydrogen-bond donors (Lipinski definition) is 2. The van der Waals surface area contributed by atoms with Crippen LogP contribution in [0.4, 0.5) is 5.69 Å². The number of ether oxygens (including phenoxy) is 2. The van der Waals surface area contributed by atoms with E-state index < -0.39 is 18.5 Å². The molecule has 2 N–H and O–H groups in total. The molecule has 6 nitrogen and oxygen atoms in total. The van der Waals surface area contributed by atoms with Crippen molar-refractivity contribution in [1.82, 2.24) is 0 Å². The number of aromatic hydroxyl groups is 1. The fraction of sp³-hybridized carbons (Fsp3) is 0.176. The number of carbonyl (C=O) groups excluding carboxylic acids is 2. The zero-order chi connectivity index (χ0) is 17.7. The Bertz CT molecular complexity index is 776. The SMILES string of the molecule is COc1ccc(C(=O)OCC(=O)Nc2ccc(Br)cc2C)c(O)c1. The van der Waals surface area contributed by atoms with Crippen molar-refractivity contribution in [2.75, 3.05) is 19.0 Å². The van der Waals surface area contributed by atoms with Gasteiger partial charge in [0.05, 0.1) is 7.11 Å². The summed E-state index contributed by atoms with van der Waals surface area (Å²) in [6.07, 6.45) is 0. The lowest BCUT2D eigenvalue weighted by Crippen LogP contribution is -2.21. The van der Waals surface area contributed by atoms with Gasteiger partial charge in [0.1, 0.15) is 17.1 Å². The van der Waals surface area contributed by atoms with Gasteiger partial charge in [0.25, 0.3) is 5.91 Å². The summed E-state index contributed by atoms with van der Waals surface area (Å²) in [6.45, 7) is 1.39. The molecule has 0 heterocycles. The summed E-state index contributed by atoms with van der Waals surface area (Å²) in [5, 5.41) is 12.4. The molecule has 2 aromatic carbocycles.